The minimum Gasteiger partial charge on any atom is -0.382 e. The zero-order chi connectivity index (χ0) is 15.0. The van der Waals surface area contributed by atoms with Crippen molar-refractivity contribution in [1.29, 1.82) is 0 Å². The molecule has 1 aromatic heterocycles. The van der Waals surface area contributed by atoms with Crippen LogP contribution in [0.4, 0.5) is 0 Å². The van der Waals surface area contributed by atoms with Gasteiger partial charge in [0.15, 0.2) is 5.96 Å². The Bertz CT molecular complexity index is 449. The van der Waals surface area contributed by atoms with Crippen molar-refractivity contribution in [2.45, 2.75) is 32.7 Å². The molecule has 1 aliphatic carbocycles. The van der Waals surface area contributed by atoms with E-state index in [2.05, 4.69) is 20.6 Å². The highest BCUT2D eigenvalue weighted by molar-refractivity contribution is 14.0. The van der Waals surface area contributed by atoms with E-state index in [1.807, 2.05) is 25.1 Å². The fourth-order valence-electron chi connectivity index (χ4n) is 2.29. The zero-order valence-corrected chi connectivity index (χ0v) is 15.8. The van der Waals surface area contributed by atoms with Crippen molar-refractivity contribution in [1.82, 2.24) is 15.6 Å². The first-order chi connectivity index (χ1) is 10.3. The molecule has 0 aliphatic heterocycles. The maximum atomic E-state index is 5.47. The van der Waals surface area contributed by atoms with Gasteiger partial charge in [-0.25, -0.2) is 0 Å². The van der Waals surface area contributed by atoms with Gasteiger partial charge in [-0.1, -0.05) is 6.07 Å². The van der Waals surface area contributed by atoms with Gasteiger partial charge in [-0.3, -0.25) is 9.98 Å². The van der Waals surface area contributed by atoms with Gasteiger partial charge in [0, 0.05) is 33.0 Å². The van der Waals surface area contributed by atoms with Crippen molar-refractivity contribution in [2.75, 3.05) is 26.8 Å². The smallest absolute Gasteiger partial charge is 0.191 e. The van der Waals surface area contributed by atoms with E-state index in [0.29, 0.717) is 12.0 Å². The molecule has 124 valence electrons. The Morgan fingerprint density at radius 1 is 1.36 bits per heavy atom. The van der Waals surface area contributed by atoms with Crippen LogP contribution in [0, 0.1) is 5.41 Å². The van der Waals surface area contributed by atoms with E-state index in [-0.39, 0.29) is 24.0 Å². The van der Waals surface area contributed by atoms with Crippen molar-refractivity contribution in [3.8, 4) is 0 Å². The van der Waals surface area contributed by atoms with Gasteiger partial charge in [0.2, 0.25) is 0 Å². The van der Waals surface area contributed by atoms with Crippen molar-refractivity contribution in [3.63, 3.8) is 0 Å². The molecular weight excluding hydrogens is 391 g/mol. The first kappa shape index (κ1) is 19.2. The molecule has 1 saturated carbocycles. The van der Waals surface area contributed by atoms with Crippen LogP contribution in [0.2, 0.25) is 0 Å². The van der Waals surface area contributed by atoms with Gasteiger partial charge in [-0.2, -0.15) is 0 Å². The molecule has 5 nitrogen and oxygen atoms in total. The molecular formula is C16H27IN4O. The van der Waals surface area contributed by atoms with Crippen molar-refractivity contribution >= 4 is 29.9 Å². The molecule has 1 aromatic rings. The van der Waals surface area contributed by atoms with Crippen molar-refractivity contribution < 1.29 is 4.74 Å². The lowest BCUT2D eigenvalue weighted by Gasteiger charge is -2.18. The maximum Gasteiger partial charge on any atom is 0.191 e. The minimum atomic E-state index is 0. The number of nitrogens with zero attached hydrogens (tertiary/aromatic N) is 2. The summed E-state index contributed by atoms with van der Waals surface area (Å²) in [7, 11) is 1.80. The van der Waals surface area contributed by atoms with Gasteiger partial charge in [-0.05, 0) is 43.7 Å². The average Bonchev–Trinajstić information content (AvgIpc) is 3.29. The monoisotopic (exact) mass is 418 g/mol. The third kappa shape index (κ3) is 6.48. The quantitative estimate of drug-likeness (QED) is 0.295. The molecule has 0 unspecified atom stereocenters. The van der Waals surface area contributed by atoms with Gasteiger partial charge in [-0.15, -0.1) is 24.0 Å². The first-order valence-electron chi connectivity index (χ1n) is 7.70. The number of aromatic nitrogens is 1. The number of ether oxygens (including phenoxy) is 1. The van der Waals surface area contributed by atoms with E-state index in [1.54, 1.807) is 13.2 Å². The van der Waals surface area contributed by atoms with Crippen LogP contribution in [0.1, 0.15) is 31.9 Å². The summed E-state index contributed by atoms with van der Waals surface area (Å²) in [6.45, 7) is 5.35. The molecule has 0 radical (unpaired) electrons. The third-order valence-corrected chi connectivity index (χ3v) is 3.96. The Morgan fingerprint density at radius 3 is 2.77 bits per heavy atom. The van der Waals surface area contributed by atoms with E-state index in [4.69, 9.17) is 4.74 Å². The van der Waals surface area contributed by atoms with Gasteiger partial charge in [0.25, 0.3) is 0 Å². The van der Waals surface area contributed by atoms with Crippen molar-refractivity contribution in [3.05, 3.63) is 30.1 Å². The van der Waals surface area contributed by atoms with Gasteiger partial charge >= 0.3 is 0 Å². The number of aliphatic imine (C=N–C) groups is 1. The first-order valence-corrected chi connectivity index (χ1v) is 7.70. The Hall–Kier alpha value is -0.890. The molecule has 0 atom stereocenters. The Balaban J connectivity index is 0.00000242. The lowest BCUT2D eigenvalue weighted by molar-refractivity contribution is 0.128. The summed E-state index contributed by atoms with van der Waals surface area (Å²) >= 11 is 0. The van der Waals surface area contributed by atoms with Crippen LogP contribution in [0.5, 0.6) is 0 Å². The number of halogens is 1. The SMILES string of the molecule is CCOCCC1(CNC(=NC)NCc2ccccn2)CC1.I. The van der Waals surface area contributed by atoms with Crippen LogP contribution in [0.3, 0.4) is 0 Å². The van der Waals surface area contributed by atoms with Gasteiger partial charge < -0.3 is 15.4 Å². The molecule has 2 rings (SSSR count). The summed E-state index contributed by atoms with van der Waals surface area (Å²) in [6.07, 6.45) is 5.50. The Labute approximate surface area is 150 Å². The second kappa shape index (κ2) is 9.99. The van der Waals surface area contributed by atoms with Crippen LogP contribution in [0.15, 0.2) is 29.4 Å². The summed E-state index contributed by atoms with van der Waals surface area (Å²) < 4.78 is 5.47. The summed E-state index contributed by atoms with van der Waals surface area (Å²) in [6, 6.07) is 5.92. The molecule has 0 amide bonds. The largest absolute Gasteiger partial charge is 0.382 e. The normalized spacial score (nSPS) is 15.8. The predicted molar refractivity (Wildman–Crippen MR) is 101 cm³/mol. The van der Waals surface area contributed by atoms with Crippen molar-refractivity contribution in [2.24, 2.45) is 10.4 Å². The lowest BCUT2D eigenvalue weighted by atomic mass is 10.0. The summed E-state index contributed by atoms with van der Waals surface area (Å²) in [5, 5.41) is 6.72. The third-order valence-electron chi connectivity index (χ3n) is 3.96. The van der Waals surface area contributed by atoms with E-state index >= 15 is 0 Å². The lowest BCUT2D eigenvalue weighted by Crippen LogP contribution is -2.40. The van der Waals surface area contributed by atoms with E-state index in [9.17, 15) is 0 Å². The number of hydrogen-bond acceptors (Lipinski definition) is 3. The van der Waals surface area contributed by atoms with Gasteiger partial charge in [0.1, 0.15) is 0 Å². The average molecular weight is 418 g/mol. The molecule has 0 bridgehead atoms. The molecule has 1 heterocycles. The minimum absolute atomic E-state index is 0. The molecule has 0 saturated heterocycles. The molecule has 1 aliphatic rings. The Morgan fingerprint density at radius 2 is 2.18 bits per heavy atom. The number of pyridine rings is 1. The number of hydrogen-bond donors (Lipinski definition) is 2. The van der Waals surface area contributed by atoms with Gasteiger partial charge in [0.05, 0.1) is 12.2 Å². The number of guanidine groups is 1. The van der Waals surface area contributed by atoms with E-state index in [1.165, 1.54) is 12.8 Å². The number of rotatable bonds is 8. The highest BCUT2D eigenvalue weighted by atomic mass is 127. The fourth-order valence-corrected chi connectivity index (χ4v) is 2.29. The van der Waals surface area contributed by atoms with Crippen LogP contribution in [-0.2, 0) is 11.3 Å². The van der Waals surface area contributed by atoms with Crippen LogP contribution < -0.4 is 10.6 Å². The summed E-state index contributed by atoms with van der Waals surface area (Å²) in [4.78, 5) is 8.56. The molecule has 0 aromatic carbocycles. The number of nitrogens with one attached hydrogen (secondary N) is 2. The summed E-state index contributed by atoms with van der Waals surface area (Å²) in [5.74, 6) is 0.836. The second-order valence-corrected chi connectivity index (χ2v) is 5.55. The highest BCUT2D eigenvalue weighted by Gasteiger charge is 2.41. The highest BCUT2D eigenvalue weighted by Crippen LogP contribution is 2.48. The second-order valence-electron chi connectivity index (χ2n) is 5.55. The predicted octanol–water partition coefficient (Wildman–Crippen LogP) is 2.57. The van der Waals surface area contributed by atoms with Crippen LogP contribution in [-0.4, -0.2) is 37.7 Å². The molecule has 0 spiro atoms. The summed E-state index contributed by atoms with van der Waals surface area (Å²) in [5.41, 5.74) is 1.43. The molecule has 1 fully saturated rings. The zero-order valence-electron chi connectivity index (χ0n) is 13.5. The maximum absolute atomic E-state index is 5.47. The molecule has 2 N–H and O–H groups in total. The fraction of sp³-hybridized carbons (Fsp3) is 0.625. The van der Waals surface area contributed by atoms with E-state index < -0.39 is 0 Å². The van der Waals surface area contributed by atoms with Crippen LogP contribution in [0.25, 0.3) is 0 Å². The Kier molecular flexibility index (Phi) is 8.70. The topological polar surface area (TPSA) is 58.5 Å². The van der Waals surface area contributed by atoms with E-state index in [0.717, 1.165) is 37.8 Å². The molecule has 22 heavy (non-hydrogen) atoms. The molecule has 6 heteroatoms. The van der Waals surface area contributed by atoms with Crippen LogP contribution >= 0.6 is 24.0 Å². The standard InChI is InChI=1S/C16H26N4O.HI/c1-3-21-11-9-16(7-8-16)13-20-15(17-2)19-12-14-6-4-5-10-18-14;/h4-6,10H,3,7-9,11-13H2,1-2H3,(H2,17,19,20);1H.